The molecule has 0 bridgehead atoms. The second-order valence-corrected chi connectivity index (χ2v) is 8.51. The molecule has 2 aromatic carbocycles. The van der Waals surface area contributed by atoms with Gasteiger partial charge < -0.3 is 5.32 Å². The van der Waals surface area contributed by atoms with E-state index < -0.39 is 0 Å². The van der Waals surface area contributed by atoms with Crippen molar-refractivity contribution in [1.82, 2.24) is 15.0 Å². The van der Waals surface area contributed by atoms with E-state index in [0.29, 0.717) is 29.0 Å². The van der Waals surface area contributed by atoms with Gasteiger partial charge in [-0.15, -0.1) is 0 Å². The summed E-state index contributed by atoms with van der Waals surface area (Å²) in [6.07, 6.45) is 2.49. The van der Waals surface area contributed by atoms with E-state index in [9.17, 15) is 14.0 Å². The maximum absolute atomic E-state index is 13.5. The van der Waals surface area contributed by atoms with Crippen LogP contribution in [-0.2, 0) is 28.9 Å². The lowest BCUT2D eigenvalue weighted by molar-refractivity contribution is -0.118. The summed E-state index contributed by atoms with van der Waals surface area (Å²) in [5, 5.41) is 3.20. The fourth-order valence-corrected chi connectivity index (χ4v) is 3.77. The first-order valence-electron chi connectivity index (χ1n) is 11.0. The van der Waals surface area contributed by atoms with Gasteiger partial charge in [0, 0.05) is 30.6 Å². The van der Waals surface area contributed by atoms with Crippen LogP contribution in [0.15, 0.2) is 54.7 Å². The number of anilines is 2. The Hall–Kier alpha value is -4.00. The highest BCUT2D eigenvalue weighted by molar-refractivity contribution is 5.84. The van der Waals surface area contributed by atoms with E-state index in [2.05, 4.69) is 20.3 Å². The van der Waals surface area contributed by atoms with Crippen molar-refractivity contribution in [2.24, 2.45) is 0 Å². The van der Waals surface area contributed by atoms with Gasteiger partial charge in [-0.2, -0.15) is 0 Å². The second kappa shape index (κ2) is 9.87. The third-order valence-electron chi connectivity index (χ3n) is 5.52. The van der Waals surface area contributed by atoms with Crippen LogP contribution in [0.4, 0.5) is 15.9 Å². The molecule has 0 fully saturated rings. The molecule has 0 atom stereocenters. The lowest BCUT2D eigenvalue weighted by Gasteiger charge is -2.09. The van der Waals surface area contributed by atoms with E-state index in [1.165, 1.54) is 6.07 Å². The smallest absolute Gasteiger partial charge is 0.180 e. The molecule has 0 unspecified atom stereocenters. The van der Waals surface area contributed by atoms with Gasteiger partial charge in [-0.1, -0.05) is 24.3 Å². The zero-order valence-electron chi connectivity index (χ0n) is 19.4. The largest absolute Gasteiger partial charge is 0.339 e. The first-order chi connectivity index (χ1) is 16.3. The number of Topliss-reactive ketones (excluding diaryl/α,β-unsaturated/α-hetero) is 2. The van der Waals surface area contributed by atoms with E-state index in [4.69, 9.17) is 0 Å². The number of ketones is 2. The molecule has 4 aromatic rings. The first kappa shape index (κ1) is 23.2. The highest BCUT2D eigenvalue weighted by Crippen LogP contribution is 2.20. The molecule has 2 aromatic heterocycles. The Balaban J connectivity index is 1.47. The highest BCUT2D eigenvalue weighted by atomic mass is 19.1. The maximum atomic E-state index is 13.5. The number of carbonyl (C=O) groups excluding carboxylic acids is 2. The van der Waals surface area contributed by atoms with E-state index in [-0.39, 0.29) is 30.2 Å². The Labute approximate surface area is 197 Å². The minimum absolute atomic E-state index is 0.0229. The van der Waals surface area contributed by atoms with Crippen molar-refractivity contribution in [2.45, 2.75) is 40.0 Å². The summed E-state index contributed by atoms with van der Waals surface area (Å²) in [5.41, 5.74) is 5.71. The van der Waals surface area contributed by atoms with Crippen molar-refractivity contribution in [2.75, 3.05) is 5.32 Å². The van der Waals surface area contributed by atoms with Gasteiger partial charge in [0.2, 0.25) is 0 Å². The van der Waals surface area contributed by atoms with E-state index in [0.717, 1.165) is 28.1 Å². The van der Waals surface area contributed by atoms with Gasteiger partial charge >= 0.3 is 0 Å². The predicted octanol–water partition coefficient (Wildman–Crippen LogP) is 5.01. The van der Waals surface area contributed by atoms with E-state index >= 15 is 0 Å². The SMILES string of the molecule is CC(=O)Cc1ccc(Nc2cnc3cc(CC(=O)Cc4ccc(F)c(C)c4)c(C)nc3n2)cc1. The van der Waals surface area contributed by atoms with Gasteiger partial charge in [0.05, 0.1) is 6.20 Å². The predicted molar refractivity (Wildman–Crippen MR) is 130 cm³/mol. The number of carbonyl (C=O) groups is 2. The van der Waals surface area contributed by atoms with Gasteiger partial charge in [0.25, 0.3) is 0 Å². The summed E-state index contributed by atoms with van der Waals surface area (Å²) >= 11 is 0. The van der Waals surface area contributed by atoms with Crippen LogP contribution in [0.2, 0.25) is 0 Å². The molecule has 1 N–H and O–H groups in total. The van der Waals surface area contributed by atoms with Gasteiger partial charge in [-0.05, 0) is 67.3 Å². The molecule has 7 heteroatoms. The third-order valence-corrected chi connectivity index (χ3v) is 5.52. The normalized spacial score (nSPS) is 10.9. The summed E-state index contributed by atoms with van der Waals surface area (Å²) in [4.78, 5) is 37.4. The average Bonchev–Trinajstić information content (AvgIpc) is 2.78. The molecule has 0 radical (unpaired) electrons. The van der Waals surface area contributed by atoms with Crippen LogP contribution in [0.1, 0.15) is 34.9 Å². The number of halogens is 1. The minimum Gasteiger partial charge on any atom is -0.339 e. The van der Waals surface area contributed by atoms with Gasteiger partial charge in [0.15, 0.2) is 11.5 Å². The number of pyridine rings is 1. The van der Waals surface area contributed by atoms with Crippen molar-refractivity contribution in [3.05, 3.63) is 88.5 Å². The summed E-state index contributed by atoms with van der Waals surface area (Å²) in [6, 6.07) is 14.2. The minimum atomic E-state index is -0.275. The summed E-state index contributed by atoms with van der Waals surface area (Å²) < 4.78 is 13.5. The molecule has 34 heavy (non-hydrogen) atoms. The Kier molecular flexibility index (Phi) is 6.72. The Morgan fingerprint density at radius 2 is 1.65 bits per heavy atom. The third kappa shape index (κ3) is 5.67. The summed E-state index contributed by atoms with van der Waals surface area (Å²) in [7, 11) is 0. The quantitative estimate of drug-likeness (QED) is 0.401. The van der Waals surface area contributed by atoms with Gasteiger partial charge in [0.1, 0.15) is 22.9 Å². The topological polar surface area (TPSA) is 84.8 Å². The Bertz CT molecular complexity index is 1380. The highest BCUT2D eigenvalue weighted by Gasteiger charge is 2.12. The van der Waals surface area contributed by atoms with E-state index in [1.807, 2.05) is 37.3 Å². The second-order valence-electron chi connectivity index (χ2n) is 8.51. The van der Waals surface area contributed by atoms with Crippen LogP contribution < -0.4 is 5.32 Å². The molecule has 0 aliphatic carbocycles. The molecule has 0 amide bonds. The fraction of sp³-hybridized carbons (Fsp3) is 0.222. The number of hydrogen-bond donors (Lipinski definition) is 1. The number of fused-ring (bicyclic) bond motifs is 1. The van der Waals surface area contributed by atoms with Crippen molar-refractivity contribution in [1.29, 1.82) is 0 Å². The molecule has 4 rings (SSSR count). The molecule has 2 heterocycles. The Morgan fingerprint density at radius 3 is 2.35 bits per heavy atom. The molecule has 0 saturated heterocycles. The molecule has 0 aliphatic heterocycles. The zero-order valence-corrected chi connectivity index (χ0v) is 19.4. The number of aromatic nitrogens is 3. The molecular formula is C27H25FN4O2. The van der Waals surface area contributed by atoms with Crippen molar-refractivity contribution < 1.29 is 14.0 Å². The number of aryl methyl sites for hydroxylation is 2. The maximum Gasteiger partial charge on any atom is 0.180 e. The molecule has 0 aliphatic rings. The fourth-order valence-electron chi connectivity index (χ4n) is 3.77. The van der Waals surface area contributed by atoms with Crippen molar-refractivity contribution in [3.63, 3.8) is 0 Å². The van der Waals surface area contributed by atoms with Crippen LogP contribution in [0.3, 0.4) is 0 Å². The Morgan fingerprint density at radius 1 is 0.912 bits per heavy atom. The molecular weight excluding hydrogens is 431 g/mol. The first-order valence-corrected chi connectivity index (χ1v) is 11.0. The van der Waals surface area contributed by atoms with Crippen LogP contribution in [0.5, 0.6) is 0 Å². The molecule has 172 valence electrons. The number of rotatable bonds is 8. The van der Waals surface area contributed by atoms with E-state index in [1.54, 1.807) is 32.2 Å². The van der Waals surface area contributed by atoms with Crippen molar-refractivity contribution in [3.8, 4) is 0 Å². The lowest BCUT2D eigenvalue weighted by Crippen LogP contribution is -2.09. The molecule has 6 nitrogen and oxygen atoms in total. The van der Waals surface area contributed by atoms with Crippen LogP contribution in [0.25, 0.3) is 11.2 Å². The average molecular weight is 457 g/mol. The van der Waals surface area contributed by atoms with Gasteiger partial charge in [-0.3, -0.25) is 9.59 Å². The molecule has 0 spiro atoms. The van der Waals surface area contributed by atoms with Crippen LogP contribution in [0, 0.1) is 19.7 Å². The molecule has 0 saturated carbocycles. The number of benzene rings is 2. The lowest BCUT2D eigenvalue weighted by atomic mass is 10.0. The zero-order chi connectivity index (χ0) is 24.2. The van der Waals surface area contributed by atoms with Crippen molar-refractivity contribution >= 4 is 34.2 Å². The number of nitrogens with zero attached hydrogens (tertiary/aromatic N) is 3. The summed E-state index contributed by atoms with van der Waals surface area (Å²) in [5.74, 6) is 0.418. The van der Waals surface area contributed by atoms with Gasteiger partial charge in [-0.25, -0.2) is 19.3 Å². The summed E-state index contributed by atoms with van der Waals surface area (Å²) in [6.45, 7) is 5.10. The van der Waals surface area contributed by atoms with Crippen LogP contribution >= 0.6 is 0 Å². The standard InChI is InChI=1S/C27H25FN4O2/c1-16-10-20(6-9-24(16)28)12-23(34)13-21-14-25-27(30-18(21)3)32-26(15-29-25)31-22-7-4-19(5-8-22)11-17(2)33/h4-10,14-15H,11-13H2,1-3H3,(H,30,31,32). The monoisotopic (exact) mass is 456 g/mol. The van der Waals surface area contributed by atoms with Crippen LogP contribution in [-0.4, -0.2) is 26.5 Å². The number of hydrogen-bond acceptors (Lipinski definition) is 6. The number of nitrogens with one attached hydrogen (secondary N) is 1.